The van der Waals surface area contributed by atoms with Crippen LogP contribution in [0.4, 0.5) is 17.3 Å². The molecule has 0 atom stereocenters. The molecule has 1 aromatic heterocycles. The maximum Gasteiger partial charge on any atom is 0.148 e. The van der Waals surface area contributed by atoms with Gasteiger partial charge in [0.2, 0.25) is 0 Å². The number of nitrogens with two attached hydrogens (primary N) is 1. The van der Waals surface area contributed by atoms with E-state index in [0.717, 1.165) is 35.7 Å². The topological polar surface area (TPSA) is 75.9 Å². The number of nitrogens with one attached hydrogen (secondary N) is 2. The van der Waals surface area contributed by atoms with E-state index < -0.39 is 0 Å². The van der Waals surface area contributed by atoms with Gasteiger partial charge in [-0.15, -0.1) is 0 Å². The standard InChI is InChI=1S/C16H23N5/c1-5-7-14-19-15(12(4)16(20-14)21-17)18-13-9-6-8-10(2)11(13)3/h6,8-9H,5,7,17H2,1-4H3,(H2,18,19,20,21). The Morgan fingerprint density at radius 2 is 1.76 bits per heavy atom. The van der Waals surface area contributed by atoms with Crippen molar-refractivity contribution in [3.05, 3.63) is 40.7 Å². The molecule has 0 aliphatic carbocycles. The molecule has 1 heterocycles. The zero-order chi connectivity index (χ0) is 15.4. The minimum Gasteiger partial charge on any atom is -0.340 e. The lowest BCUT2D eigenvalue weighted by Crippen LogP contribution is -2.14. The Morgan fingerprint density at radius 1 is 1.05 bits per heavy atom. The molecular formula is C16H23N5. The van der Waals surface area contributed by atoms with Crippen molar-refractivity contribution >= 4 is 17.3 Å². The lowest BCUT2D eigenvalue weighted by Gasteiger charge is -2.15. The van der Waals surface area contributed by atoms with Crippen LogP contribution in [-0.4, -0.2) is 9.97 Å². The molecule has 0 aliphatic heterocycles. The van der Waals surface area contributed by atoms with E-state index in [4.69, 9.17) is 5.84 Å². The van der Waals surface area contributed by atoms with Gasteiger partial charge in [0.25, 0.3) is 0 Å². The zero-order valence-electron chi connectivity index (χ0n) is 13.1. The predicted octanol–water partition coefficient (Wildman–Crippen LogP) is 3.38. The minimum absolute atomic E-state index is 0.668. The van der Waals surface area contributed by atoms with Crippen molar-refractivity contribution < 1.29 is 0 Å². The first-order chi connectivity index (χ1) is 10.1. The third-order valence-corrected chi connectivity index (χ3v) is 3.66. The van der Waals surface area contributed by atoms with Crippen molar-refractivity contribution in [2.24, 2.45) is 5.84 Å². The predicted molar refractivity (Wildman–Crippen MR) is 87.8 cm³/mol. The number of nitrogens with zero attached hydrogens (tertiary/aromatic N) is 2. The number of aryl methyl sites for hydroxylation is 2. The summed E-state index contributed by atoms with van der Waals surface area (Å²) in [5.74, 6) is 7.83. The van der Waals surface area contributed by atoms with E-state index in [0.29, 0.717) is 5.82 Å². The quantitative estimate of drug-likeness (QED) is 0.580. The number of hydrogen-bond donors (Lipinski definition) is 3. The lowest BCUT2D eigenvalue weighted by atomic mass is 10.1. The highest BCUT2D eigenvalue weighted by atomic mass is 15.3. The highest BCUT2D eigenvalue weighted by molar-refractivity contribution is 5.67. The van der Waals surface area contributed by atoms with Gasteiger partial charge in [-0.25, -0.2) is 15.8 Å². The average molecular weight is 285 g/mol. The number of anilines is 3. The molecular weight excluding hydrogens is 262 g/mol. The van der Waals surface area contributed by atoms with E-state index in [-0.39, 0.29) is 0 Å². The Morgan fingerprint density at radius 3 is 2.43 bits per heavy atom. The third kappa shape index (κ3) is 3.31. The van der Waals surface area contributed by atoms with Crippen LogP contribution >= 0.6 is 0 Å². The Balaban J connectivity index is 2.42. The van der Waals surface area contributed by atoms with Gasteiger partial charge >= 0.3 is 0 Å². The van der Waals surface area contributed by atoms with Crippen molar-refractivity contribution in [1.29, 1.82) is 0 Å². The fourth-order valence-corrected chi connectivity index (χ4v) is 2.17. The summed E-state index contributed by atoms with van der Waals surface area (Å²) < 4.78 is 0. The largest absolute Gasteiger partial charge is 0.340 e. The number of hydrazine groups is 1. The summed E-state index contributed by atoms with van der Waals surface area (Å²) >= 11 is 0. The van der Waals surface area contributed by atoms with Crippen LogP contribution in [-0.2, 0) is 6.42 Å². The number of aromatic nitrogens is 2. The average Bonchev–Trinajstić information content (AvgIpc) is 2.47. The van der Waals surface area contributed by atoms with Crippen LogP contribution in [0, 0.1) is 20.8 Å². The molecule has 2 aromatic rings. The van der Waals surface area contributed by atoms with Crippen LogP contribution in [0.2, 0.25) is 0 Å². The fraction of sp³-hybridized carbons (Fsp3) is 0.375. The monoisotopic (exact) mass is 285 g/mol. The van der Waals surface area contributed by atoms with Gasteiger partial charge in [0.15, 0.2) is 0 Å². The molecule has 5 nitrogen and oxygen atoms in total. The molecule has 4 N–H and O–H groups in total. The Bertz CT molecular complexity index is 637. The van der Waals surface area contributed by atoms with E-state index in [9.17, 15) is 0 Å². The minimum atomic E-state index is 0.668. The van der Waals surface area contributed by atoms with E-state index in [1.54, 1.807) is 0 Å². The summed E-state index contributed by atoms with van der Waals surface area (Å²) in [7, 11) is 0. The second-order valence-electron chi connectivity index (χ2n) is 5.23. The van der Waals surface area contributed by atoms with Crippen LogP contribution in [0.25, 0.3) is 0 Å². The number of rotatable bonds is 5. The van der Waals surface area contributed by atoms with Crippen molar-refractivity contribution in [3.8, 4) is 0 Å². The normalized spacial score (nSPS) is 10.5. The van der Waals surface area contributed by atoms with E-state index in [1.165, 1.54) is 11.1 Å². The van der Waals surface area contributed by atoms with Crippen LogP contribution < -0.4 is 16.6 Å². The van der Waals surface area contributed by atoms with Gasteiger partial charge in [-0.3, -0.25) is 0 Å². The molecule has 1 aromatic carbocycles. The molecule has 0 aliphatic rings. The molecule has 0 radical (unpaired) electrons. The van der Waals surface area contributed by atoms with Crippen LogP contribution in [0.3, 0.4) is 0 Å². The van der Waals surface area contributed by atoms with Crippen molar-refractivity contribution in [1.82, 2.24) is 9.97 Å². The molecule has 0 fully saturated rings. The second kappa shape index (κ2) is 6.54. The van der Waals surface area contributed by atoms with E-state index in [2.05, 4.69) is 53.6 Å². The molecule has 0 saturated carbocycles. The van der Waals surface area contributed by atoms with Crippen LogP contribution in [0.1, 0.15) is 35.9 Å². The Hall–Kier alpha value is -2.14. The zero-order valence-corrected chi connectivity index (χ0v) is 13.1. The fourth-order valence-electron chi connectivity index (χ4n) is 2.17. The number of hydrogen-bond acceptors (Lipinski definition) is 5. The van der Waals surface area contributed by atoms with Crippen molar-refractivity contribution in [2.45, 2.75) is 40.5 Å². The smallest absolute Gasteiger partial charge is 0.148 e. The Kier molecular flexibility index (Phi) is 4.75. The van der Waals surface area contributed by atoms with Gasteiger partial charge in [-0.2, -0.15) is 0 Å². The molecule has 0 saturated heterocycles. The lowest BCUT2D eigenvalue weighted by molar-refractivity contribution is 0.833. The van der Waals surface area contributed by atoms with Crippen LogP contribution in [0.15, 0.2) is 18.2 Å². The molecule has 0 amide bonds. The van der Waals surface area contributed by atoms with Crippen molar-refractivity contribution in [2.75, 3.05) is 10.7 Å². The second-order valence-corrected chi connectivity index (χ2v) is 5.23. The van der Waals surface area contributed by atoms with Gasteiger partial charge in [0, 0.05) is 17.7 Å². The Labute approximate surface area is 126 Å². The van der Waals surface area contributed by atoms with E-state index >= 15 is 0 Å². The third-order valence-electron chi connectivity index (χ3n) is 3.66. The molecule has 21 heavy (non-hydrogen) atoms. The van der Waals surface area contributed by atoms with E-state index in [1.807, 2.05) is 13.0 Å². The molecule has 2 rings (SSSR count). The molecule has 0 spiro atoms. The maximum absolute atomic E-state index is 5.56. The maximum atomic E-state index is 5.56. The van der Waals surface area contributed by atoms with Gasteiger partial charge in [0.05, 0.1) is 0 Å². The molecule has 0 unspecified atom stereocenters. The molecule has 112 valence electrons. The van der Waals surface area contributed by atoms with Gasteiger partial charge in [-0.1, -0.05) is 19.1 Å². The first-order valence-corrected chi connectivity index (χ1v) is 7.24. The first-order valence-electron chi connectivity index (χ1n) is 7.24. The number of benzene rings is 1. The van der Waals surface area contributed by atoms with Gasteiger partial charge < -0.3 is 10.7 Å². The van der Waals surface area contributed by atoms with Crippen molar-refractivity contribution in [3.63, 3.8) is 0 Å². The summed E-state index contributed by atoms with van der Waals surface area (Å²) in [5.41, 5.74) is 7.09. The highest BCUT2D eigenvalue weighted by Gasteiger charge is 2.11. The summed E-state index contributed by atoms with van der Waals surface area (Å²) in [4.78, 5) is 9.05. The van der Waals surface area contributed by atoms with Gasteiger partial charge in [0.1, 0.15) is 17.5 Å². The molecule has 0 bridgehead atoms. The van der Waals surface area contributed by atoms with Crippen LogP contribution in [0.5, 0.6) is 0 Å². The summed E-state index contributed by atoms with van der Waals surface area (Å²) in [5, 5.41) is 3.41. The number of nitrogen functional groups attached to an aromatic ring is 1. The summed E-state index contributed by atoms with van der Waals surface area (Å²) in [6.45, 7) is 8.26. The SMILES string of the molecule is CCCc1nc(NN)c(C)c(Nc2cccc(C)c2C)n1. The molecule has 5 heteroatoms. The summed E-state index contributed by atoms with van der Waals surface area (Å²) in [6.07, 6.45) is 1.83. The first kappa shape index (κ1) is 15.3. The highest BCUT2D eigenvalue weighted by Crippen LogP contribution is 2.26. The summed E-state index contributed by atoms with van der Waals surface area (Å²) in [6, 6.07) is 6.19. The van der Waals surface area contributed by atoms with Gasteiger partial charge in [-0.05, 0) is 44.4 Å².